The number of halogens is 3. The molecule has 1 N–H and O–H groups in total. The maximum Gasteiger partial charge on any atom is 0.234 e. The van der Waals surface area contributed by atoms with Gasteiger partial charge in [0.05, 0.1) is 10.8 Å². The Morgan fingerprint density at radius 2 is 2.00 bits per heavy atom. The molecule has 146 valence electrons. The van der Waals surface area contributed by atoms with Crippen molar-refractivity contribution in [1.29, 1.82) is 0 Å². The van der Waals surface area contributed by atoms with Crippen LogP contribution in [0.3, 0.4) is 0 Å². The number of carbonyl (C=O) groups is 1. The number of aryl methyl sites for hydroxylation is 1. The molecule has 0 fully saturated rings. The number of aromatic nitrogens is 3. The number of benzene rings is 2. The van der Waals surface area contributed by atoms with E-state index >= 15 is 0 Å². The van der Waals surface area contributed by atoms with Crippen molar-refractivity contribution >= 4 is 69.1 Å². The molecule has 0 aliphatic heterocycles. The quantitative estimate of drug-likeness (QED) is 0.308. The third-order valence-corrected chi connectivity index (χ3v) is 6.19. The van der Waals surface area contributed by atoms with Crippen LogP contribution in [0.25, 0.3) is 11.4 Å². The molecule has 9 heteroatoms. The minimum Gasteiger partial charge on any atom is -0.325 e. The summed E-state index contributed by atoms with van der Waals surface area (Å²) in [6.07, 6.45) is 0. The predicted molar refractivity (Wildman–Crippen MR) is 124 cm³/mol. The van der Waals surface area contributed by atoms with E-state index in [1.165, 1.54) is 11.8 Å². The van der Waals surface area contributed by atoms with Crippen LogP contribution in [0.15, 0.2) is 41.6 Å². The Bertz CT molecular complexity index is 1030. The van der Waals surface area contributed by atoms with Crippen molar-refractivity contribution in [2.45, 2.75) is 25.5 Å². The van der Waals surface area contributed by atoms with Crippen LogP contribution in [0, 0.1) is 10.5 Å². The lowest BCUT2D eigenvalue weighted by atomic mass is 10.2. The van der Waals surface area contributed by atoms with Gasteiger partial charge in [-0.2, -0.15) is 0 Å². The molecule has 5 nitrogen and oxygen atoms in total. The molecule has 1 heterocycles. The van der Waals surface area contributed by atoms with E-state index in [9.17, 15) is 4.79 Å². The van der Waals surface area contributed by atoms with Crippen LogP contribution >= 0.6 is 57.6 Å². The third kappa shape index (κ3) is 5.00. The summed E-state index contributed by atoms with van der Waals surface area (Å²) in [5.74, 6) is 0.796. The molecule has 0 aliphatic carbocycles. The van der Waals surface area contributed by atoms with E-state index in [4.69, 9.17) is 23.2 Å². The van der Waals surface area contributed by atoms with Gasteiger partial charge in [0.15, 0.2) is 11.0 Å². The van der Waals surface area contributed by atoms with Crippen LogP contribution in [0.2, 0.25) is 10.0 Å². The molecule has 2 aromatic carbocycles. The number of anilines is 1. The summed E-state index contributed by atoms with van der Waals surface area (Å²) in [5.41, 5.74) is 2.60. The summed E-state index contributed by atoms with van der Waals surface area (Å²) in [6, 6.07) is 11.2. The number of nitrogens with zero attached hydrogens (tertiary/aromatic N) is 3. The summed E-state index contributed by atoms with van der Waals surface area (Å²) in [6.45, 7) is 4.62. The van der Waals surface area contributed by atoms with Gasteiger partial charge in [0.25, 0.3) is 0 Å². The largest absolute Gasteiger partial charge is 0.325 e. The Kier molecular flexibility index (Phi) is 7.25. The van der Waals surface area contributed by atoms with E-state index in [0.717, 1.165) is 20.4 Å². The Balaban J connectivity index is 1.72. The van der Waals surface area contributed by atoms with Crippen LogP contribution in [0.4, 0.5) is 5.69 Å². The highest BCUT2D eigenvalue weighted by molar-refractivity contribution is 14.1. The van der Waals surface area contributed by atoms with Crippen LogP contribution in [0.1, 0.15) is 12.5 Å². The molecule has 1 amide bonds. The van der Waals surface area contributed by atoms with Crippen LogP contribution in [-0.4, -0.2) is 26.4 Å². The summed E-state index contributed by atoms with van der Waals surface area (Å²) < 4.78 is 3.07. The van der Waals surface area contributed by atoms with Gasteiger partial charge in [-0.15, -0.1) is 10.2 Å². The van der Waals surface area contributed by atoms with Crippen LogP contribution in [0.5, 0.6) is 0 Å². The van der Waals surface area contributed by atoms with Crippen molar-refractivity contribution in [3.05, 3.63) is 55.6 Å². The van der Waals surface area contributed by atoms with E-state index < -0.39 is 0 Å². The highest BCUT2D eigenvalue weighted by atomic mass is 127. The Hall–Kier alpha value is -1.29. The molecule has 0 aliphatic rings. The summed E-state index contributed by atoms with van der Waals surface area (Å²) in [4.78, 5) is 12.4. The summed E-state index contributed by atoms with van der Waals surface area (Å²) in [5, 5.41) is 13.2. The molecule has 0 saturated carbocycles. The zero-order valence-corrected chi connectivity index (χ0v) is 19.7. The highest BCUT2D eigenvalue weighted by Crippen LogP contribution is 2.31. The van der Waals surface area contributed by atoms with E-state index in [1.54, 1.807) is 12.1 Å². The molecule has 28 heavy (non-hydrogen) atoms. The first-order valence-corrected chi connectivity index (χ1v) is 11.3. The van der Waals surface area contributed by atoms with Crippen LogP contribution < -0.4 is 5.32 Å². The Morgan fingerprint density at radius 1 is 1.21 bits per heavy atom. The first-order valence-electron chi connectivity index (χ1n) is 8.46. The minimum absolute atomic E-state index is 0.0916. The smallest absolute Gasteiger partial charge is 0.234 e. The van der Waals surface area contributed by atoms with Crippen molar-refractivity contribution < 1.29 is 4.79 Å². The predicted octanol–water partition coefficient (Wildman–Crippen LogP) is 5.92. The zero-order valence-electron chi connectivity index (χ0n) is 15.2. The molecule has 0 spiro atoms. The number of thioether (sulfide) groups is 1. The lowest BCUT2D eigenvalue weighted by molar-refractivity contribution is -0.113. The van der Waals surface area contributed by atoms with Gasteiger partial charge in [0, 0.05) is 26.4 Å². The SMILES string of the molecule is CCn1c(SCC(=O)Nc2ccc(I)cc2C)nnc1-c1ccc(Cl)cc1Cl. The number of hydrogen-bond acceptors (Lipinski definition) is 4. The standard InChI is InChI=1S/C19H17Cl2IN4OS/c1-3-26-18(14-6-4-12(20)9-15(14)21)24-25-19(26)28-10-17(27)23-16-7-5-13(22)8-11(16)2/h4-9H,3,10H2,1-2H3,(H,23,27). The maximum absolute atomic E-state index is 12.4. The first-order chi connectivity index (χ1) is 13.4. The van der Waals surface area contributed by atoms with E-state index in [0.29, 0.717) is 27.6 Å². The van der Waals surface area contributed by atoms with Crippen molar-refractivity contribution in [2.24, 2.45) is 0 Å². The molecular formula is C19H17Cl2IN4OS. The molecule has 3 aromatic rings. The monoisotopic (exact) mass is 546 g/mol. The molecule has 0 unspecified atom stereocenters. The van der Waals surface area contributed by atoms with Gasteiger partial charge >= 0.3 is 0 Å². The van der Waals surface area contributed by atoms with E-state index in [2.05, 4.69) is 38.1 Å². The topological polar surface area (TPSA) is 59.8 Å². The van der Waals surface area contributed by atoms with Crippen LogP contribution in [-0.2, 0) is 11.3 Å². The highest BCUT2D eigenvalue weighted by Gasteiger charge is 2.17. The van der Waals surface area contributed by atoms with Gasteiger partial charge < -0.3 is 9.88 Å². The minimum atomic E-state index is -0.0916. The number of hydrogen-bond donors (Lipinski definition) is 1. The lowest BCUT2D eigenvalue weighted by Crippen LogP contribution is -2.15. The van der Waals surface area contributed by atoms with Crippen molar-refractivity contribution in [1.82, 2.24) is 14.8 Å². The first kappa shape index (κ1) is 21.4. The maximum atomic E-state index is 12.4. The van der Waals surface area contributed by atoms with Gasteiger partial charge in [-0.1, -0.05) is 35.0 Å². The second-order valence-electron chi connectivity index (χ2n) is 5.97. The van der Waals surface area contributed by atoms with E-state index in [-0.39, 0.29) is 11.7 Å². The normalized spacial score (nSPS) is 10.9. The Morgan fingerprint density at radius 3 is 2.68 bits per heavy atom. The zero-order chi connectivity index (χ0) is 20.3. The van der Waals surface area contributed by atoms with Gasteiger partial charge in [-0.25, -0.2) is 0 Å². The fourth-order valence-electron chi connectivity index (χ4n) is 2.63. The molecule has 0 saturated heterocycles. The fourth-order valence-corrected chi connectivity index (χ4v) is 4.58. The number of nitrogens with one attached hydrogen (secondary N) is 1. The molecule has 0 bridgehead atoms. The van der Waals surface area contributed by atoms with Crippen molar-refractivity contribution in [3.8, 4) is 11.4 Å². The van der Waals surface area contributed by atoms with Crippen molar-refractivity contribution in [3.63, 3.8) is 0 Å². The lowest BCUT2D eigenvalue weighted by Gasteiger charge is -2.10. The number of rotatable bonds is 6. The molecular weight excluding hydrogens is 530 g/mol. The second-order valence-corrected chi connectivity index (χ2v) is 9.00. The molecule has 1 aromatic heterocycles. The van der Waals surface area contributed by atoms with Gasteiger partial charge in [-0.3, -0.25) is 4.79 Å². The molecule has 0 radical (unpaired) electrons. The average Bonchev–Trinajstić information content (AvgIpc) is 3.05. The average molecular weight is 547 g/mol. The number of amides is 1. The summed E-state index contributed by atoms with van der Waals surface area (Å²) in [7, 11) is 0. The van der Waals surface area contributed by atoms with Gasteiger partial charge in [0.1, 0.15) is 0 Å². The van der Waals surface area contributed by atoms with Crippen molar-refractivity contribution in [2.75, 3.05) is 11.1 Å². The van der Waals surface area contributed by atoms with E-state index in [1.807, 2.05) is 42.7 Å². The second kappa shape index (κ2) is 9.47. The third-order valence-electron chi connectivity index (χ3n) is 4.00. The Labute approximate surface area is 191 Å². The van der Waals surface area contributed by atoms with Gasteiger partial charge in [-0.05, 0) is 78.4 Å². The fraction of sp³-hybridized carbons (Fsp3) is 0.211. The van der Waals surface area contributed by atoms with Gasteiger partial charge in [0.2, 0.25) is 5.91 Å². The molecule has 0 atom stereocenters. The molecule has 3 rings (SSSR count). The summed E-state index contributed by atoms with van der Waals surface area (Å²) >= 11 is 15.9. The number of carbonyl (C=O) groups excluding carboxylic acids is 1.